The van der Waals surface area contributed by atoms with Gasteiger partial charge in [-0.05, 0) is 19.4 Å². The van der Waals surface area contributed by atoms with Gasteiger partial charge in [-0.2, -0.15) is 0 Å². The summed E-state index contributed by atoms with van der Waals surface area (Å²) in [6.45, 7) is 3.42. The van der Waals surface area contributed by atoms with Crippen molar-refractivity contribution in [2.45, 2.75) is 25.8 Å². The van der Waals surface area contributed by atoms with Crippen LogP contribution in [-0.4, -0.2) is 47.6 Å². The fourth-order valence-electron chi connectivity index (χ4n) is 1.75. The van der Waals surface area contributed by atoms with Gasteiger partial charge in [-0.3, -0.25) is 14.5 Å². The van der Waals surface area contributed by atoms with Crippen molar-refractivity contribution >= 4 is 11.9 Å². The number of carbonyl (C=O) groups excluding carboxylic acids is 1. The first-order chi connectivity index (χ1) is 6.61. The van der Waals surface area contributed by atoms with Crippen LogP contribution in [0.5, 0.6) is 0 Å². The van der Waals surface area contributed by atoms with Gasteiger partial charge in [0.2, 0.25) is 5.91 Å². The lowest BCUT2D eigenvalue weighted by Crippen LogP contribution is -2.40. The number of hydrogen-bond donors (Lipinski definition) is 2. The van der Waals surface area contributed by atoms with Crippen molar-refractivity contribution in [2.75, 3.05) is 19.6 Å². The Kier molecular flexibility index (Phi) is 3.88. The molecule has 5 nitrogen and oxygen atoms in total. The summed E-state index contributed by atoms with van der Waals surface area (Å²) in [6, 6.07) is -0.358. The number of likely N-dealkylation sites (tertiary alicyclic amines) is 1. The number of amides is 1. The summed E-state index contributed by atoms with van der Waals surface area (Å²) in [5, 5.41) is 11.5. The number of carboxylic acid groups (broad SMARTS) is 1. The van der Waals surface area contributed by atoms with Crippen molar-refractivity contribution in [3.05, 3.63) is 0 Å². The average molecular weight is 200 g/mol. The molecule has 0 spiro atoms. The number of hydrogen-bond acceptors (Lipinski definition) is 3. The molecular formula is C9H16N2O3. The molecule has 1 rings (SSSR count). The summed E-state index contributed by atoms with van der Waals surface area (Å²) >= 11 is 0. The highest BCUT2D eigenvalue weighted by Gasteiger charge is 2.29. The molecule has 1 fully saturated rings. The monoisotopic (exact) mass is 200 g/mol. The molecule has 0 aromatic rings. The largest absolute Gasteiger partial charge is 0.480 e. The highest BCUT2D eigenvalue weighted by Crippen LogP contribution is 2.16. The molecule has 0 aromatic carbocycles. The van der Waals surface area contributed by atoms with E-state index in [-0.39, 0.29) is 11.9 Å². The normalized spacial score (nSPS) is 22.2. The standard InChI is InChI=1S/C9H16N2O3/c1-7(12)10-4-6-11-5-2-3-8(11)9(13)14/h8H,2-6H2,1H3,(H,10,12)(H,13,14). The van der Waals surface area contributed by atoms with Crippen molar-refractivity contribution in [2.24, 2.45) is 0 Å². The minimum absolute atomic E-state index is 0.0731. The lowest BCUT2D eigenvalue weighted by atomic mass is 10.2. The van der Waals surface area contributed by atoms with E-state index in [0.29, 0.717) is 13.1 Å². The molecule has 0 aliphatic carbocycles. The average Bonchev–Trinajstić information content (AvgIpc) is 2.51. The van der Waals surface area contributed by atoms with Crippen molar-refractivity contribution in [1.82, 2.24) is 10.2 Å². The molecule has 1 atom stereocenters. The SMILES string of the molecule is CC(=O)NCCN1CCCC1C(=O)O. The molecule has 1 aliphatic rings. The maximum atomic E-state index is 10.8. The minimum Gasteiger partial charge on any atom is -0.480 e. The molecule has 0 bridgehead atoms. The summed E-state index contributed by atoms with van der Waals surface area (Å²) in [7, 11) is 0. The molecular weight excluding hydrogens is 184 g/mol. The van der Waals surface area contributed by atoms with E-state index >= 15 is 0 Å². The van der Waals surface area contributed by atoms with Gasteiger partial charge in [-0.25, -0.2) is 0 Å². The van der Waals surface area contributed by atoms with Crippen molar-refractivity contribution in [1.29, 1.82) is 0 Å². The molecule has 0 aromatic heterocycles. The Morgan fingerprint density at radius 1 is 1.57 bits per heavy atom. The lowest BCUT2D eigenvalue weighted by Gasteiger charge is -2.20. The second-order valence-corrected chi connectivity index (χ2v) is 3.52. The number of aliphatic carboxylic acids is 1. The fourth-order valence-corrected chi connectivity index (χ4v) is 1.75. The van der Waals surface area contributed by atoms with E-state index in [1.807, 2.05) is 4.90 Å². The van der Waals surface area contributed by atoms with Crippen LogP contribution in [0, 0.1) is 0 Å². The van der Waals surface area contributed by atoms with Crippen LogP contribution in [0.1, 0.15) is 19.8 Å². The third kappa shape index (κ3) is 2.99. The summed E-state index contributed by atoms with van der Waals surface area (Å²) in [6.07, 6.45) is 1.65. The van der Waals surface area contributed by atoms with Crippen molar-refractivity contribution in [3.8, 4) is 0 Å². The summed E-state index contributed by atoms with van der Waals surface area (Å²) in [5.74, 6) is -0.832. The predicted octanol–water partition coefficient (Wildman–Crippen LogP) is -0.328. The first-order valence-electron chi connectivity index (χ1n) is 4.82. The van der Waals surface area contributed by atoms with E-state index < -0.39 is 5.97 Å². The first-order valence-corrected chi connectivity index (χ1v) is 4.82. The number of carboxylic acids is 1. The van der Waals surface area contributed by atoms with Gasteiger partial charge >= 0.3 is 5.97 Å². The zero-order valence-corrected chi connectivity index (χ0v) is 8.32. The van der Waals surface area contributed by atoms with Crippen LogP contribution >= 0.6 is 0 Å². The number of nitrogens with one attached hydrogen (secondary N) is 1. The van der Waals surface area contributed by atoms with Gasteiger partial charge in [0, 0.05) is 20.0 Å². The quantitative estimate of drug-likeness (QED) is 0.652. The molecule has 1 heterocycles. The Bertz CT molecular complexity index is 230. The Hall–Kier alpha value is -1.10. The zero-order chi connectivity index (χ0) is 10.6. The van der Waals surface area contributed by atoms with Gasteiger partial charge in [0.25, 0.3) is 0 Å². The fraction of sp³-hybridized carbons (Fsp3) is 0.778. The summed E-state index contributed by atoms with van der Waals surface area (Å²) in [5.41, 5.74) is 0. The Balaban J connectivity index is 2.29. The maximum Gasteiger partial charge on any atom is 0.320 e. The lowest BCUT2D eigenvalue weighted by molar-refractivity contribution is -0.142. The van der Waals surface area contributed by atoms with Gasteiger partial charge < -0.3 is 10.4 Å². The topological polar surface area (TPSA) is 69.6 Å². The predicted molar refractivity (Wildman–Crippen MR) is 50.9 cm³/mol. The van der Waals surface area contributed by atoms with E-state index in [0.717, 1.165) is 19.4 Å². The molecule has 1 amide bonds. The zero-order valence-electron chi connectivity index (χ0n) is 8.32. The highest BCUT2D eigenvalue weighted by atomic mass is 16.4. The Morgan fingerprint density at radius 2 is 2.29 bits per heavy atom. The summed E-state index contributed by atoms with van der Waals surface area (Å²) in [4.78, 5) is 23.3. The second-order valence-electron chi connectivity index (χ2n) is 3.52. The van der Waals surface area contributed by atoms with Crippen LogP contribution in [-0.2, 0) is 9.59 Å². The Labute approximate surface area is 83.1 Å². The maximum absolute atomic E-state index is 10.8. The van der Waals surface area contributed by atoms with E-state index in [1.165, 1.54) is 6.92 Å². The number of carbonyl (C=O) groups is 2. The van der Waals surface area contributed by atoms with Crippen LogP contribution in [0.15, 0.2) is 0 Å². The smallest absolute Gasteiger partial charge is 0.320 e. The molecule has 1 saturated heterocycles. The van der Waals surface area contributed by atoms with Crippen LogP contribution < -0.4 is 5.32 Å². The number of rotatable bonds is 4. The highest BCUT2D eigenvalue weighted by molar-refractivity contribution is 5.74. The van der Waals surface area contributed by atoms with Gasteiger partial charge in [-0.1, -0.05) is 0 Å². The van der Waals surface area contributed by atoms with Crippen molar-refractivity contribution < 1.29 is 14.7 Å². The van der Waals surface area contributed by atoms with E-state index in [1.54, 1.807) is 0 Å². The van der Waals surface area contributed by atoms with Crippen LogP contribution in [0.3, 0.4) is 0 Å². The Morgan fingerprint density at radius 3 is 2.86 bits per heavy atom. The second kappa shape index (κ2) is 4.95. The molecule has 0 saturated carbocycles. The van der Waals surface area contributed by atoms with E-state index in [2.05, 4.69) is 5.32 Å². The minimum atomic E-state index is -0.759. The van der Waals surface area contributed by atoms with Gasteiger partial charge in [0.15, 0.2) is 0 Å². The molecule has 80 valence electrons. The van der Waals surface area contributed by atoms with Gasteiger partial charge in [0.1, 0.15) is 6.04 Å². The van der Waals surface area contributed by atoms with Crippen LogP contribution in [0.4, 0.5) is 0 Å². The van der Waals surface area contributed by atoms with E-state index in [4.69, 9.17) is 5.11 Å². The molecule has 1 unspecified atom stereocenters. The van der Waals surface area contributed by atoms with Crippen molar-refractivity contribution in [3.63, 3.8) is 0 Å². The number of nitrogens with zero attached hydrogens (tertiary/aromatic N) is 1. The molecule has 2 N–H and O–H groups in total. The molecule has 14 heavy (non-hydrogen) atoms. The third-order valence-corrected chi connectivity index (χ3v) is 2.42. The van der Waals surface area contributed by atoms with Crippen LogP contribution in [0.2, 0.25) is 0 Å². The molecule has 0 radical (unpaired) electrons. The first kappa shape index (κ1) is 11.0. The van der Waals surface area contributed by atoms with Gasteiger partial charge in [-0.15, -0.1) is 0 Å². The van der Waals surface area contributed by atoms with Gasteiger partial charge in [0.05, 0.1) is 0 Å². The molecule has 5 heteroatoms. The summed E-state index contributed by atoms with van der Waals surface area (Å²) < 4.78 is 0. The third-order valence-electron chi connectivity index (χ3n) is 2.42. The van der Waals surface area contributed by atoms with Crippen LogP contribution in [0.25, 0.3) is 0 Å². The van der Waals surface area contributed by atoms with E-state index in [9.17, 15) is 9.59 Å². The molecule has 1 aliphatic heterocycles.